The van der Waals surface area contributed by atoms with Crippen LogP contribution in [-0.2, 0) is 6.18 Å². The molecule has 0 fully saturated rings. The number of nitrogens with one attached hydrogen (secondary N) is 1. The summed E-state index contributed by atoms with van der Waals surface area (Å²) in [4.78, 5) is 3.83. The highest BCUT2D eigenvalue weighted by Gasteiger charge is 2.33. The molecule has 17 heavy (non-hydrogen) atoms. The van der Waals surface area contributed by atoms with E-state index >= 15 is 0 Å². The van der Waals surface area contributed by atoms with E-state index in [4.69, 9.17) is 23.2 Å². The molecule has 0 unspecified atom stereocenters. The molecule has 2 rings (SSSR count). The first-order valence-electron chi connectivity index (χ1n) is 4.32. The fourth-order valence-electron chi connectivity index (χ4n) is 1.19. The standard InChI is InChI=1S/C9H4Cl2F3N3/c10-4-1-5(11)8(15-3-4)6-2-7(17-16-6)9(12,13)14/h1-3H,(H,16,17). The van der Waals surface area contributed by atoms with Gasteiger partial charge in [-0.05, 0) is 12.1 Å². The maximum Gasteiger partial charge on any atom is 0.432 e. The summed E-state index contributed by atoms with van der Waals surface area (Å²) >= 11 is 11.4. The zero-order valence-electron chi connectivity index (χ0n) is 8.02. The second-order valence-corrected chi connectivity index (χ2v) is 3.99. The zero-order chi connectivity index (χ0) is 12.6. The Hall–Kier alpha value is -1.27. The van der Waals surface area contributed by atoms with Crippen LogP contribution in [0.5, 0.6) is 0 Å². The van der Waals surface area contributed by atoms with E-state index in [2.05, 4.69) is 10.1 Å². The lowest BCUT2D eigenvalue weighted by Gasteiger charge is -2.00. The third-order valence-corrected chi connectivity index (χ3v) is 2.43. The minimum atomic E-state index is -4.48. The Morgan fingerprint density at radius 1 is 1.18 bits per heavy atom. The molecule has 90 valence electrons. The van der Waals surface area contributed by atoms with Gasteiger partial charge in [0.2, 0.25) is 0 Å². The topological polar surface area (TPSA) is 41.6 Å². The van der Waals surface area contributed by atoms with Crippen molar-refractivity contribution in [2.45, 2.75) is 6.18 Å². The van der Waals surface area contributed by atoms with Gasteiger partial charge in [-0.3, -0.25) is 10.1 Å². The normalized spacial score (nSPS) is 11.8. The van der Waals surface area contributed by atoms with Crippen molar-refractivity contribution in [3.05, 3.63) is 34.1 Å². The number of aromatic nitrogens is 3. The van der Waals surface area contributed by atoms with Gasteiger partial charge >= 0.3 is 6.18 Å². The Balaban J connectivity index is 2.44. The first-order valence-corrected chi connectivity index (χ1v) is 5.07. The molecule has 0 aromatic carbocycles. The molecule has 0 radical (unpaired) electrons. The summed E-state index contributed by atoms with van der Waals surface area (Å²) in [7, 11) is 0. The maximum absolute atomic E-state index is 12.3. The first kappa shape index (κ1) is 12.2. The third kappa shape index (κ3) is 2.53. The average molecular weight is 282 g/mol. The SMILES string of the molecule is FC(F)(F)c1cc(-c2ncc(Cl)cc2Cl)n[nH]1. The van der Waals surface area contributed by atoms with Crippen LogP contribution in [-0.4, -0.2) is 15.2 Å². The highest BCUT2D eigenvalue weighted by Crippen LogP contribution is 2.32. The lowest BCUT2D eigenvalue weighted by Crippen LogP contribution is -2.04. The Morgan fingerprint density at radius 2 is 1.88 bits per heavy atom. The molecule has 2 heterocycles. The molecule has 8 heteroatoms. The molecule has 0 amide bonds. The van der Waals surface area contributed by atoms with Crippen LogP contribution in [0.15, 0.2) is 18.3 Å². The van der Waals surface area contributed by atoms with Crippen LogP contribution in [0.4, 0.5) is 13.2 Å². The van der Waals surface area contributed by atoms with Crippen LogP contribution < -0.4 is 0 Å². The molecule has 3 nitrogen and oxygen atoms in total. The number of nitrogens with zero attached hydrogens (tertiary/aromatic N) is 2. The molecule has 0 saturated heterocycles. The quantitative estimate of drug-likeness (QED) is 0.864. The summed E-state index contributed by atoms with van der Waals surface area (Å²) in [6.07, 6.45) is -3.20. The number of hydrogen-bond acceptors (Lipinski definition) is 2. The van der Waals surface area contributed by atoms with Gasteiger partial charge in [0.25, 0.3) is 0 Å². The van der Waals surface area contributed by atoms with Crippen LogP contribution in [0.1, 0.15) is 5.69 Å². The van der Waals surface area contributed by atoms with Gasteiger partial charge in [0, 0.05) is 6.20 Å². The summed E-state index contributed by atoms with van der Waals surface area (Å²) in [5.41, 5.74) is -0.804. The molecule has 0 atom stereocenters. The van der Waals surface area contributed by atoms with E-state index in [1.807, 2.05) is 5.10 Å². The van der Waals surface area contributed by atoms with E-state index in [9.17, 15) is 13.2 Å². The second-order valence-electron chi connectivity index (χ2n) is 3.15. The monoisotopic (exact) mass is 281 g/mol. The molecule has 2 aromatic rings. The number of alkyl halides is 3. The van der Waals surface area contributed by atoms with Crippen LogP contribution in [0.2, 0.25) is 10.0 Å². The van der Waals surface area contributed by atoms with Crippen LogP contribution in [0.25, 0.3) is 11.4 Å². The molecule has 0 saturated carbocycles. The van der Waals surface area contributed by atoms with Gasteiger partial charge in [0.05, 0.1) is 10.0 Å². The van der Waals surface area contributed by atoms with Gasteiger partial charge in [-0.25, -0.2) is 0 Å². The van der Waals surface area contributed by atoms with Crippen molar-refractivity contribution in [3.63, 3.8) is 0 Å². The predicted octanol–water partition coefficient (Wildman–Crippen LogP) is 3.80. The van der Waals surface area contributed by atoms with Gasteiger partial charge < -0.3 is 0 Å². The summed E-state index contributed by atoms with van der Waals surface area (Å²) in [5.74, 6) is 0. The highest BCUT2D eigenvalue weighted by atomic mass is 35.5. The van der Waals surface area contributed by atoms with Crippen LogP contribution >= 0.6 is 23.2 Å². The van der Waals surface area contributed by atoms with Crippen LogP contribution in [0, 0.1) is 0 Å². The number of pyridine rings is 1. The number of H-pyrrole nitrogens is 1. The van der Waals surface area contributed by atoms with E-state index in [0.717, 1.165) is 6.07 Å². The van der Waals surface area contributed by atoms with Crippen molar-refractivity contribution in [1.82, 2.24) is 15.2 Å². The smallest absolute Gasteiger partial charge is 0.273 e. The summed E-state index contributed by atoms with van der Waals surface area (Å²) in [5, 5.41) is 5.82. The molecule has 1 N–H and O–H groups in total. The molecule has 0 spiro atoms. The molecule has 0 aliphatic carbocycles. The number of halogens is 5. The molecular weight excluding hydrogens is 278 g/mol. The predicted molar refractivity (Wildman–Crippen MR) is 56.8 cm³/mol. The Bertz CT molecular complexity index is 551. The van der Waals surface area contributed by atoms with Crippen molar-refractivity contribution in [2.24, 2.45) is 0 Å². The van der Waals surface area contributed by atoms with Crippen molar-refractivity contribution >= 4 is 23.2 Å². The second kappa shape index (κ2) is 4.19. The van der Waals surface area contributed by atoms with Crippen molar-refractivity contribution in [2.75, 3.05) is 0 Å². The molecule has 2 aromatic heterocycles. The summed E-state index contributed by atoms with van der Waals surface area (Å²) < 4.78 is 37.0. The average Bonchev–Trinajstić information content (AvgIpc) is 2.65. The minimum Gasteiger partial charge on any atom is -0.273 e. The number of rotatable bonds is 1. The molecule has 0 bridgehead atoms. The number of hydrogen-bond donors (Lipinski definition) is 1. The summed E-state index contributed by atoms with van der Waals surface area (Å²) in [6.45, 7) is 0. The molecular formula is C9H4Cl2F3N3. The van der Waals surface area contributed by atoms with Crippen molar-refractivity contribution in [1.29, 1.82) is 0 Å². The Morgan fingerprint density at radius 3 is 2.41 bits per heavy atom. The van der Waals surface area contributed by atoms with E-state index in [0.29, 0.717) is 5.02 Å². The van der Waals surface area contributed by atoms with Gasteiger partial charge in [-0.15, -0.1) is 0 Å². The third-order valence-electron chi connectivity index (χ3n) is 1.93. The minimum absolute atomic E-state index is 0.0130. The van der Waals surface area contributed by atoms with Gasteiger partial charge in [0.15, 0.2) is 0 Å². The van der Waals surface area contributed by atoms with Gasteiger partial charge in [-0.1, -0.05) is 23.2 Å². The number of aromatic amines is 1. The van der Waals surface area contributed by atoms with Crippen molar-refractivity contribution < 1.29 is 13.2 Å². The van der Waals surface area contributed by atoms with Gasteiger partial charge in [-0.2, -0.15) is 18.3 Å². The summed E-state index contributed by atoms with van der Waals surface area (Å²) in [6, 6.07) is 2.22. The largest absolute Gasteiger partial charge is 0.432 e. The lowest BCUT2D eigenvalue weighted by molar-refractivity contribution is -0.141. The Labute approximate surface area is 104 Å². The zero-order valence-corrected chi connectivity index (χ0v) is 9.53. The van der Waals surface area contributed by atoms with E-state index in [1.165, 1.54) is 12.3 Å². The fraction of sp³-hybridized carbons (Fsp3) is 0.111. The fourth-order valence-corrected chi connectivity index (χ4v) is 1.67. The van der Waals surface area contributed by atoms with E-state index in [1.54, 1.807) is 0 Å². The molecule has 0 aliphatic rings. The maximum atomic E-state index is 12.3. The molecule has 0 aliphatic heterocycles. The first-order chi connectivity index (χ1) is 7.88. The van der Waals surface area contributed by atoms with Gasteiger partial charge in [0.1, 0.15) is 17.1 Å². The Kier molecular flexibility index (Phi) is 3.01. The van der Waals surface area contributed by atoms with Crippen molar-refractivity contribution in [3.8, 4) is 11.4 Å². The van der Waals surface area contributed by atoms with Crippen LogP contribution in [0.3, 0.4) is 0 Å². The highest BCUT2D eigenvalue weighted by molar-refractivity contribution is 6.35. The van der Waals surface area contributed by atoms with E-state index < -0.39 is 11.9 Å². The lowest BCUT2D eigenvalue weighted by atomic mass is 10.2. The van der Waals surface area contributed by atoms with E-state index in [-0.39, 0.29) is 16.4 Å².